The molecule has 0 atom stereocenters. The first-order valence-electron chi connectivity index (χ1n) is 10.9. The first-order chi connectivity index (χ1) is 17.7. The minimum Gasteiger partial charge on any atom is -0.266 e. The molecular formula is C26H17ClF3N5OS. The van der Waals surface area contributed by atoms with Crippen LogP contribution in [-0.4, -0.2) is 26.4 Å². The van der Waals surface area contributed by atoms with Crippen LogP contribution in [0.5, 0.6) is 0 Å². The second-order valence-corrected chi connectivity index (χ2v) is 9.32. The van der Waals surface area contributed by atoms with Crippen molar-refractivity contribution in [2.24, 2.45) is 5.10 Å². The van der Waals surface area contributed by atoms with E-state index in [1.54, 1.807) is 43.3 Å². The van der Waals surface area contributed by atoms with Gasteiger partial charge in [-0.05, 0) is 47.5 Å². The van der Waals surface area contributed by atoms with Gasteiger partial charge in [0.2, 0.25) is 5.13 Å². The molecule has 0 aliphatic carbocycles. The van der Waals surface area contributed by atoms with Gasteiger partial charge in [-0.3, -0.25) is 4.79 Å². The average Bonchev–Trinajstić information content (AvgIpc) is 3.55. The third-order valence-corrected chi connectivity index (χ3v) is 6.61. The van der Waals surface area contributed by atoms with Crippen LogP contribution in [0.1, 0.15) is 28.7 Å². The van der Waals surface area contributed by atoms with Crippen LogP contribution < -0.4 is 5.43 Å². The van der Waals surface area contributed by atoms with Crippen LogP contribution in [0.4, 0.5) is 13.2 Å². The predicted molar refractivity (Wildman–Crippen MR) is 138 cm³/mol. The van der Waals surface area contributed by atoms with Gasteiger partial charge >= 0.3 is 6.18 Å². The van der Waals surface area contributed by atoms with E-state index in [0.29, 0.717) is 21.0 Å². The molecule has 0 aliphatic heterocycles. The van der Waals surface area contributed by atoms with E-state index in [9.17, 15) is 18.0 Å². The first-order valence-corrected chi connectivity index (χ1v) is 12.2. The fraction of sp³-hybridized carbons (Fsp3) is 0.0769. The number of fused-ring (bicyclic) bond motifs is 1. The number of carbonyl (C=O) groups excluding carboxylic acids is 1. The summed E-state index contributed by atoms with van der Waals surface area (Å²) in [6.45, 7) is 1.70. The lowest BCUT2D eigenvalue weighted by Gasteiger charge is -2.07. The first kappa shape index (κ1) is 24.7. The van der Waals surface area contributed by atoms with E-state index >= 15 is 0 Å². The van der Waals surface area contributed by atoms with Crippen molar-refractivity contribution in [2.45, 2.75) is 13.1 Å². The monoisotopic (exact) mass is 539 g/mol. The Labute approximate surface area is 218 Å². The van der Waals surface area contributed by atoms with Gasteiger partial charge in [-0.2, -0.15) is 23.4 Å². The summed E-state index contributed by atoms with van der Waals surface area (Å²) in [6, 6.07) is 20.7. The number of benzene rings is 3. The Kier molecular flexibility index (Phi) is 6.53. The van der Waals surface area contributed by atoms with Crippen molar-refractivity contribution >= 4 is 45.3 Å². The number of hydrazone groups is 1. The van der Waals surface area contributed by atoms with E-state index in [1.165, 1.54) is 5.38 Å². The number of nitrogens with zero attached hydrogens (tertiary/aromatic N) is 4. The molecule has 0 spiro atoms. The number of nitrogens with one attached hydrogen (secondary N) is 1. The van der Waals surface area contributed by atoms with Gasteiger partial charge in [0, 0.05) is 16.0 Å². The fourth-order valence-electron chi connectivity index (χ4n) is 3.63. The molecule has 6 nitrogen and oxygen atoms in total. The molecule has 5 rings (SSSR count). The summed E-state index contributed by atoms with van der Waals surface area (Å²) in [4.78, 5) is 16.7. The van der Waals surface area contributed by atoms with Gasteiger partial charge in [-0.25, -0.2) is 15.1 Å². The molecule has 5 aromatic rings. The Bertz CT molecular complexity index is 1640. The zero-order valence-electron chi connectivity index (χ0n) is 19.1. The third-order valence-electron chi connectivity index (χ3n) is 5.54. The minimum absolute atomic E-state index is 0.0801. The minimum atomic E-state index is -4.68. The SMILES string of the molecule is C/C(=N/NC(=O)c1csc(-n2nc(-c3ccc4ccccc4c3)cc2C(F)(F)F)n1)c1ccc(Cl)cc1. The van der Waals surface area contributed by atoms with Gasteiger partial charge in [0.25, 0.3) is 5.91 Å². The number of carbonyl (C=O) groups is 1. The van der Waals surface area contributed by atoms with E-state index < -0.39 is 17.8 Å². The normalized spacial score (nSPS) is 12.2. The molecule has 0 aliphatic rings. The smallest absolute Gasteiger partial charge is 0.266 e. The number of thiazole rings is 1. The van der Waals surface area contributed by atoms with Crippen LogP contribution in [0.2, 0.25) is 5.02 Å². The summed E-state index contributed by atoms with van der Waals surface area (Å²) in [5, 5.41) is 11.9. The number of amides is 1. The lowest BCUT2D eigenvalue weighted by atomic mass is 10.1. The molecule has 0 fully saturated rings. The van der Waals surface area contributed by atoms with Gasteiger partial charge in [0.05, 0.1) is 11.4 Å². The van der Waals surface area contributed by atoms with Crippen molar-refractivity contribution in [2.75, 3.05) is 0 Å². The van der Waals surface area contributed by atoms with Gasteiger partial charge < -0.3 is 0 Å². The van der Waals surface area contributed by atoms with Crippen molar-refractivity contribution in [3.63, 3.8) is 0 Å². The van der Waals surface area contributed by atoms with E-state index in [-0.39, 0.29) is 16.5 Å². The molecule has 2 heterocycles. The Morgan fingerprint density at radius 2 is 1.76 bits per heavy atom. The van der Waals surface area contributed by atoms with E-state index in [4.69, 9.17) is 11.6 Å². The molecule has 2 aromatic heterocycles. The summed E-state index contributed by atoms with van der Waals surface area (Å²) in [7, 11) is 0. The molecule has 11 heteroatoms. The summed E-state index contributed by atoms with van der Waals surface area (Å²) in [5.41, 5.74) is 3.25. The molecule has 186 valence electrons. The van der Waals surface area contributed by atoms with Crippen LogP contribution >= 0.6 is 22.9 Å². The molecule has 0 bridgehead atoms. The maximum Gasteiger partial charge on any atom is 0.433 e. The highest BCUT2D eigenvalue weighted by atomic mass is 35.5. The average molecular weight is 540 g/mol. The predicted octanol–water partition coefficient (Wildman–Crippen LogP) is 6.98. The van der Waals surface area contributed by atoms with E-state index in [1.807, 2.05) is 30.3 Å². The van der Waals surface area contributed by atoms with Crippen LogP contribution in [0.3, 0.4) is 0 Å². The van der Waals surface area contributed by atoms with Crippen molar-refractivity contribution < 1.29 is 18.0 Å². The number of hydrogen-bond donors (Lipinski definition) is 1. The quantitative estimate of drug-likeness (QED) is 0.193. The maximum atomic E-state index is 13.9. The fourth-order valence-corrected chi connectivity index (χ4v) is 4.52. The molecule has 1 N–H and O–H groups in total. The molecule has 1 amide bonds. The van der Waals surface area contributed by atoms with Crippen molar-refractivity contribution in [3.8, 4) is 16.4 Å². The Morgan fingerprint density at radius 1 is 1.03 bits per heavy atom. The molecule has 0 radical (unpaired) electrons. The summed E-state index contributed by atoms with van der Waals surface area (Å²) >= 11 is 6.75. The molecule has 0 saturated carbocycles. The topological polar surface area (TPSA) is 72.2 Å². The third kappa shape index (κ3) is 5.25. The standard InChI is InChI=1S/C26H17ClF3N5OS/c1-15(16-8-10-20(27)11-9-16)32-33-24(36)22-14-37-25(31-22)35-23(26(28,29)30)13-21(34-35)19-7-6-17-4-2-3-5-18(17)12-19/h2-14H,1H3,(H,33,36)/b32-15-. The van der Waals surface area contributed by atoms with Crippen molar-refractivity contribution in [3.05, 3.63) is 100 Å². The summed E-state index contributed by atoms with van der Waals surface area (Å²) < 4.78 is 42.4. The van der Waals surface area contributed by atoms with Crippen molar-refractivity contribution in [1.82, 2.24) is 20.2 Å². The molecular weight excluding hydrogens is 523 g/mol. The number of rotatable bonds is 5. The Balaban J connectivity index is 1.43. The van der Waals surface area contributed by atoms with Crippen LogP contribution in [0.25, 0.3) is 27.2 Å². The van der Waals surface area contributed by atoms with Gasteiger partial charge in [-0.15, -0.1) is 11.3 Å². The van der Waals surface area contributed by atoms with Gasteiger partial charge in [-0.1, -0.05) is 60.1 Å². The Morgan fingerprint density at radius 3 is 2.49 bits per heavy atom. The summed E-state index contributed by atoms with van der Waals surface area (Å²) in [5.74, 6) is -0.661. The van der Waals surface area contributed by atoms with E-state index in [2.05, 4.69) is 20.6 Å². The lowest BCUT2D eigenvalue weighted by Crippen LogP contribution is -2.20. The van der Waals surface area contributed by atoms with Crippen molar-refractivity contribution in [1.29, 1.82) is 0 Å². The highest BCUT2D eigenvalue weighted by Crippen LogP contribution is 2.35. The second kappa shape index (κ2) is 9.79. The largest absolute Gasteiger partial charge is 0.433 e. The van der Waals surface area contributed by atoms with Crippen LogP contribution in [0.15, 0.2) is 83.3 Å². The molecule has 0 unspecified atom stereocenters. The zero-order valence-corrected chi connectivity index (χ0v) is 20.7. The Hall–Kier alpha value is -4.02. The maximum absolute atomic E-state index is 13.9. The number of halogens is 4. The van der Waals surface area contributed by atoms with Crippen LogP contribution in [-0.2, 0) is 6.18 Å². The molecule has 0 saturated heterocycles. The van der Waals surface area contributed by atoms with E-state index in [0.717, 1.165) is 33.7 Å². The molecule has 37 heavy (non-hydrogen) atoms. The number of aromatic nitrogens is 3. The molecule has 3 aromatic carbocycles. The number of hydrogen-bond acceptors (Lipinski definition) is 5. The lowest BCUT2D eigenvalue weighted by molar-refractivity contribution is -0.142. The second-order valence-electron chi connectivity index (χ2n) is 8.05. The summed E-state index contributed by atoms with van der Waals surface area (Å²) in [6.07, 6.45) is -4.68. The zero-order chi connectivity index (χ0) is 26.2. The number of alkyl halides is 3. The highest BCUT2D eigenvalue weighted by Gasteiger charge is 2.37. The van der Waals surface area contributed by atoms with Crippen LogP contribution in [0, 0.1) is 0 Å². The highest BCUT2D eigenvalue weighted by molar-refractivity contribution is 7.12. The van der Waals surface area contributed by atoms with Gasteiger partial charge in [0.15, 0.2) is 5.69 Å². The van der Waals surface area contributed by atoms with Gasteiger partial charge in [0.1, 0.15) is 5.69 Å².